The smallest absolute Gasteiger partial charge is 0.344 e. The molecule has 0 saturated carbocycles. The number of aromatic nitrogens is 3. The normalized spacial score (nSPS) is 17.9. The van der Waals surface area contributed by atoms with E-state index in [1.807, 2.05) is 0 Å². The molecule has 108 valence electrons. The lowest BCUT2D eigenvalue weighted by atomic mass is 10.2. The molecule has 1 amide bonds. The second kappa shape index (κ2) is 7.17. The summed E-state index contributed by atoms with van der Waals surface area (Å²) in [7, 11) is 0. The molecule has 7 nitrogen and oxygen atoms in total. The van der Waals surface area contributed by atoms with Crippen LogP contribution < -0.4 is 11.0 Å². The maximum absolute atomic E-state index is 11.7. The molecule has 0 aliphatic carbocycles. The number of thioether (sulfide) groups is 1. The molecule has 8 heteroatoms. The lowest BCUT2D eigenvalue weighted by Gasteiger charge is -2.10. The van der Waals surface area contributed by atoms with Crippen molar-refractivity contribution in [1.29, 1.82) is 0 Å². The van der Waals surface area contributed by atoms with Crippen molar-refractivity contribution in [2.45, 2.75) is 30.6 Å². The highest BCUT2D eigenvalue weighted by Gasteiger charge is 2.20. The molecule has 1 aromatic rings. The fourth-order valence-corrected chi connectivity index (χ4v) is 2.68. The van der Waals surface area contributed by atoms with E-state index in [0.717, 1.165) is 19.4 Å². The summed E-state index contributed by atoms with van der Waals surface area (Å²) in [6, 6.07) is 0. The zero-order valence-electron chi connectivity index (χ0n) is 10.9. The van der Waals surface area contributed by atoms with Crippen molar-refractivity contribution >= 4 is 17.7 Å². The van der Waals surface area contributed by atoms with E-state index in [4.69, 9.17) is 11.2 Å². The zero-order valence-corrected chi connectivity index (χ0v) is 11.7. The van der Waals surface area contributed by atoms with Gasteiger partial charge >= 0.3 is 5.69 Å². The van der Waals surface area contributed by atoms with Crippen molar-refractivity contribution in [3.63, 3.8) is 0 Å². The Hall–Kier alpha value is -1.72. The molecule has 2 heterocycles. The molecule has 1 fully saturated rings. The van der Waals surface area contributed by atoms with Gasteiger partial charge in [-0.05, 0) is 12.8 Å². The highest BCUT2D eigenvalue weighted by atomic mass is 32.2. The Labute approximate surface area is 120 Å². The van der Waals surface area contributed by atoms with Gasteiger partial charge in [-0.25, -0.2) is 9.89 Å². The summed E-state index contributed by atoms with van der Waals surface area (Å²) in [6.07, 6.45) is 7.04. The van der Waals surface area contributed by atoms with Crippen LogP contribution in [0.4, 0.5) is 0 Å². The van der Waals surface area contributed by atoms with Crippen molar-refractivity contribution in [1.82, 2.24) is 20.1 Å². The molecular formula is C12H16N4O3S. The Morgan fingerprint density at radius 3 is 3.25 bits per heavy atom. The lowest BCUT2D eigenvalue weighted by molar-refractivity contribution is -0.118. The summed E-state index contributed by atoms with van der Waals surface area (Å²) < 4.78 is 7.01. The molecule has 0 bridgehead atoms. The van der Waals surface area contributed by atoms with E-state index in [2.05, 4.69) is 21.4 Å². The van der Waals surface area contributed by atoms with Gasteiger partial charge in [-0.15, -0.1) is 11.5 Å². The second-order valence-corrected chi connectivity index (χ2v) is 5.27. The lowest BCUT2D eigenvalue weighted by Crippen LogP contribution is -2.27. The quantitative estimate of drug-likeness (QED) is 0.550. The van der Waals surface area contributed by atoms with Crippen molar-refractivity contribution < 1.29 is 9.53 Å². The Morgan fingerprint density at radius 2 is 2.55 bits per heavy atom. The van der Waals surface area contributed by atoms with Crippen LogP contribution in [-0.2, 0) is 16.1 Å². The van der Waals surface area contributed by atoms with Gasteiger partial charge in [0.15, 0.2) is 5.16 Å². The number of hydrogen-bond donors (Lipinski definition) is 2. The van der Waals surface area contributed by atoms with Gasteiger partial charge < -0.3 is 10.1 Å². The number of carbonyl (C=O) groups is 1. The summed E-state index contributed by atoms with van der Waals surface area (Å²) in [6.45, 7) is 1.39. The first-order valence-electron chi connectivity index (χ1n) is 6.30. The molecule has 1 aliphatic rings. The minimum atomic E-state index is -0.285. The van der Waals surface area contributed by atoms with Crippen molar-refractivity contribution in [2.75, 3.05) is 18.9 Å². The van der Waals surface area contributed by atoms with Gasteiger partial charge in [0.25, 0.3) is 0 Å². The fourth-order valence-electron chi connectivity index (χ4n) is 1.90. The summed E-state index contributed by atoms with van der Waals surface area (Å²) in [5, 5.41) is 9.36. The third-order valence-corrected chi connectivity index (χ3v) is 3.83. The van der Waals surface area contributed by atoms with Gasteiger partial charge in [-0.3, -0.25) is 9.36 Å². The maximum atomic E-state index is 11.7. The fraction of sp³-hybridized carbons (Fsp3) is 0.583. The molecule has 1 atom stereocenters. The first kappa shape index (κ1) is 14.7. The Morgan fingerprint density at radius 1 is 1.70 bits per heavy atom. The number of rotatable bonds is 6. The van der Waals surface area contributed by atoms with Crippen LogP contribution in [0, 0.1) is 12.3 Å². The maximum Gasteiger partial charge on any atom is 0.344 e. The number of amides is 1. The summed E-state index contributed by atoms with van der Waals surface area (Å²) >= 11 is 1.19. The molecule has 1 aliphatic heterocycles. The van der Waals surface area contributed by atoms with Crippen molar-refractivity contribution in [3.05, 3.63) is 10.5 Å². The number of hydrogen-bond acceptors (Lipinski definition) is 5. The first-order valence-corrected chi connectivity index (χ1v) is 7.29. The molecule has 2 rings (SSSR count). The largest absolute Gasteiger partial charge is 0.376 e. The predicted molar refractivity (Wildman–Crippen MR) is 74.4 cm³/mol. The van der Waals surface area contributed by atoms with E-state index in [-0.39, 0.29) is 30.0 Å². The average molecular weight is 296 g/mol. The topological polar surface area (TPSA) is 89.0 Å². The predicted octanol–water partition coefficient (Wildman–Crippen LogP) is -0.408. The molecule has 20 heavy (non-hydrogen) atoms. The number of carbonyl (C=O) groups excluding carboxylic acids is 1. The van der Waals surface area contributed by atoms with E-state index in [0.29, 0.717) is 11.7 Å². The second-order valence-electron chi connectivity index (χ2n) is 4.33. The highest BCUT2D eigenvalue weighted by Crippen LogP contribution is 2.17. The Bertz CT molecular complexity index is 554. The molecule has 1 saturated heterocycles. The van der Waals surface area contributed by atoms with Crippen LogP contribution >= 0.6 is 11.8 Å². The number of ether oxygens (including phenoxy) is 1. The van der Waals surface area contributed by atoms with Crippen LogP contribution in [0.3, 0.4) is 0 Å². The molecule has 2 N–H and O–H groups in total. The van der Waals surface area contributed by atoms with E-state index in [1.165, 1.54) is 16.3 Å². The van der Waals surface area contributed by atoms with Crippen molar-refractivity contribution in [3.8, 4) is 12.3 Å². The van der Waals surface area contributed by atoms with Gasteiger partial charge in [-0.2, -0.15) is 0 Å². The van der Waals surface area contributed by atoms with Crippen LogP contribution in [0.15, 0.2) is 9.95 Å². The van der Waals surface area contributed by atoms with Crippen molar-refractivity contribution in [2.24, 2.45) is 0 Å². The Balaban J connectivity index is 1.93. The minimum Gasteiger partial charge on any atom is -0.376 e. The van der Waals surface area contributed by atoms with Gasteiger partial charge in [0, 0.05) is 6.61 Å². The van der Waals surface area contributed by atoms with E-state index in [9.17, 15) is 9.59 Å². The summed E-state index contributed by atoms with van der Waals surface area (Å²) in [4.78, 5) is 23.2. The molecule has 0 radical (unpaired) electrons. The Kier molecular flexibility index (Phi) is 5.26. The van der Waals surface area contributed by atoms with E-state index in [1.54, 1.807) is 0 Å². The van der Waals surface area contributed by atoms with E-state index >= 15 is 0 Å². The average Bonchev–Trinajstić information content (AvgIpc) is 3.06. The number of H-pyrrole nitrogens is 1. The van der Waals surface area contributed by atoms with Crippen LogP contribution in [-0.4, -0.2) is 45.7 Å². The van der Waals surface area contributed by atoms with Gasteiger partial charge in [-0.1, -0.05) is 17.7 Å². The van der Waals surface area contributed by atoms with E-state index < -0.39 is 0 Å². The number of terminal acetylenes is 1. The monoisotopic (exact) mass is 296 g/mol. The molecule has 0 spiro atoms. The number of nitrogens with zero attached hydrogens (tertiary/aromatic N) is 2. The standard InChI is InChI=1S/C12H16N4O3S/c1-2-5-13-10(17)8-20-12-15-14-11(18)16(12)7-9-4-3-6-19-9/h1,9H,3-8H2,(H,13,17)(H,14,18). The van der Waals surface area contributed by atoms with Crippen LogP contribution in [0.2, 0.25) is 0 Å². The summed E-state index contributed by atoms with van der Waals surface area (Å²) in [5.41, 5.74) is -0.285. The molecule has 1 aromatic heterocycles. The molecular weight excluding hydrogens is 280 g/mol. The molecule has 1 unspecified atom stereocenters. The SMILES string of the molecule is C#CCNC(=O)CSc1n[nH]c(=O)n1CC1CCCO1. The van der Waals surface area contributed by atoms with Crippen LogP contribution in [0.1, 0.15) is 12.8 Å². The summed E-state index contributed by atoms with van der Waals surface area (Å²) in [5.74, 6) is 2.30. The van der Waals surface area contributed by atoms with Crippen LogP contribution in [0.25, 0.3) is 0 Å². The minimum absolute atomic E-state index is 0.0416. The third-order valence-electron chi connectivity index (χ3n) is 2.85. The number of aromatic amines is 1. The van der Waals surface area contributed by atoms with Gasteiger partial charge in [0.05, 0.1) is 24.9 Å². The van der Waals surface area contributed by atoms with Gasteiger partial charge in [0.1, 0.15) is 0 Å². The molecule has 0 aromatic carbocycles. The first-order chi connectivity index (χ1) is 9.70. The third kappa shape index (κ3) is 3.88. The van der Waals surface area contributed by atoms with Gasteiger partial charge in [0.2, 0.25) is 5.91 Å². The number of nitrogens with one attached hydrogen (secondary N) is 2. The van der Waals surface area contributed by atoms with Crippen LogP contribution in [0.5, 0.6) is 0 Å². The highest BCUT2D eigenvalue weighted by molar-refractivity contribution is 7.99. The zero-order chi connectivity index (χ0) is 14.4.